The molecule has 2 heterocycles. The highest BCUT2D eigenvalue weighted by atomic mass is 35.5. The van der Waals surface area contributed by atoms with Gasteiger partial charge in [-0.2, -0.15) is 0 Å². The van der Waals surface area contributed by atoms with Gasteiger partial charge in [0.25, 0.3) is 15.9 Å². The van der Waals surface area contributed by atoms with Gasteiger partial charge < -0.3 is 10.1 Å². The summed E-state index contributed by atoms with van der Waals surface area (Å²) in [5.74, 6) is -0.222. The molecule has 0 aliphatic carbocycles. The van der Waals surface area contributed by atoms with E-state index in [1.54, 1.807) is 47.0 Å². The molecule has 36 heavy (non-hydrogen) atoms. The second kappa shape index (κ2) is 9.27. The monoisotopic (exact) mass is 543 g/mol. The molecule has 1 atom stereocenters. The summed E-state index contributed by atoms with van der Waals surface area (Å²) in [5, 5.41) is 3.22. The first-order valence-electron chi connectivity index (χ1n) is 11.1. The number of carbonyl (C=O) groups is 1. The normalized spacial score (nSPS) is 15.6. The smallest absolute Gasteiger partial charge is 0.308 e. The number of nitrogens with zero attached hydrogens (tertiary/aromatic N) is 2. The van der Waals surface area contributed by atoms with Gasteiger partial charge in [0, 0.05) is 16.8 Å². The number of carbonyl (C=O) groups excluding carboxylic acids is 1. The minimum absolute atomic E-state index is 0.0102. The minimum atomic E-state index is -3.99. The van der Waals surface area contributed by atoms with Crippen LogP contribution in [0.15, 0.2) is 76.4 Å². The molecule has 1 N–H and O–H groups in total. The molecule has 1 aromatic heterocycles. The largest absolute Gasteiger partial charge is 0.476 e. The van der Waals surface area contributed by atoms with E-state index in [2.05, 4.69) is 5.32 Å². The topological polar surface area (TPSA) is 97.7 Å². The Morgan fingerprint density at radius 1 is 1.11 bits per heavy atom. The van der Waals surface area contributed by atoms with Crippen LogP contribution in [-0.2, 0) is 14.8 Å². The number of sulfonamides is 1. The number of hydrogen-bond donors (Lipinski definition) is 1. The number of amides is 1. The van der Waals surface area contributed by atoms with Crippen LogP contribution in [0.5, 0.6) is 5.75 Å². The van der Waals surface area contributed by atoms with Crippen molar-refractivity contribution in [3.05, 3.63) is 81.4 Å². The number of ether oxygens (including phenoxy) is 1. The Labute approximate surface area is 216 Å². The zero-order valence-corrected chi connectivity index (χ0v) is 21.7. The van der Waals surface area contributed by atoms with Crippen LogP contribution in [0.25, 0.3) is 10.2 Å². The third-order valence-corrected chi connectivity index (χ3v) is 8.79. The zero-order chi connectivity index (χ0) is 25.6. The second-order valence-electron chi connectivity index (χ2n) is 8.57. The maximum absolute atomic E-state index is 13.5. The van der Waals surface area contributed by atoms with Gasteiger partial charge in [0.2, 0.25) is 0 Å². The van der Waals surface area contributed by atoms with Gasteiger partial charge in [0.15, 0.2) is 6.10 Å². The fraction of sp³-hybridized carbons (Fsp3) is 0.200. The van der Waals surface area contributed by atoms with Crippen molar-refractivity contribution < 1.29 is 17.9 Å². The molecule has 0 spiro atoms. The molecule has 1 aliphatic rings. The van der Waals surface area contributed by atoms with Crippen LogP contribution in [0.3, 0.4) is 0 Å². The van der Waals surface area contributed by atoms with E-state index in [4.69, 9.17) is 16.3 Å². The number of aromatic nitrogens is 1. The number of benzene rings is 3. The standard InChI is InChI=1S/C25H22ClN3O5S2/c1-15(2)29-20-12-9-17(13-23(20)35-25(29)31)27-24(30)22-14-28(19-5-3-4-6-21(19)34-22)36(32,33)18-10-7-16(26)8-11-18/h3-13,15,22H,14H2,1-2H3,(H,27,30). The first kappa shape index (κ1) is 24.4. The molecule has 1 amide bonds. The van der Waals surface area contributed by atoms with E-state index in [-0.39, 0.29) is 28.1 Å². The van der Waals surface area contributed by atoms with Crippen LogP contribution in [0, 0.1) is 0 Å². The first-order chi connectivity index (χ1) is 17.1. The number of hydrogen-bond acceptors (Lipinski definition) is 6. The number of thiazole rings is 1. The van der Waals surface area contributed by atoms with E-state index in [1.165, 1.54) is 28.6 Å². The predicted molar refractivity (Wildman–Crippen MR) is 142 cm³/mol. The van der Waals surface area contributed by atoms with Crippen LogP contribution in [0.1, 0.15) is 19.9 Å². The average Bonchev–Trinajstić information content (AvgIpc) is 3.18. The predicted octanol–water partition coefficient (Wildman–Crippen LogP) is 4.89. The van der Waals surface area contributed by atoms with Gasteiger partial charge in [-0.25, -0.2) is 8.42 Å². The number of fused-ring (bicyclic) bond motifs is 2. The lowest BCUT2D eigenvalue weighted by Crippen LogP contribution is -2.48. The third-order valence-electron chi connectivity index (χ3n) is 5.83. The SMILES string of the molecule is CC(C)n1c(=O)sc2cc(NC(=O)C3CN(S(=O)(=O)c4ccc(Cl)cc4)c4ccccc4O3)ccc21. The molecule has 5 rings (SSSR count). The lowest BCUT2D eigenvalue weighted by molar-refractivity contribution is -0.122. The van der Waals surface area contributed by atoms with Gasteiger partial charge in [-0.3, -0.25) is 18.5 Å². The molecule has 0 fully saturated rings. The Bertz CT molecular complexity index is 1630. The van der Waals surface area contributed by atoms with E-state index in [0.717, 1.165) is 21.6 Å². The fourth-order valence-electron chi connectivity index (χ4n) is 4.13. The van der Waals surface area contributed by atoms with Crippen LogP contribution < -0.4 is 19.2 Å². The van der Waals surface area contributed by atoms with Gasteiger partial charge >= 0.3 is 4.87 Å². The fourth-order valence-corrected chi connectivity index (χ4v) is 6.78. The van der Waals surface area contributed by atoms with E-state index in [9.17, 15) is 18.0 Å². The molecule has 0 saturated carbocycles. The van der Waals surface area contributed by atoms with Crippen LogP contribution in [0.2, 0.25) is 5.02 Å². The molecule has 11 heteroatoms. The van der Waals surface area contributed by atoms with Gasteiger partial charge in [-0.15, -0.1) is 0 Å². The van der Waals surface area contributed by atoms with Crippen molar-refractivity contribution >= 4 is 60.5 Å². The summed E-state index contributed by atoms with van der Waals surface area (Å²) in [6.45, 7) is 3.66. The van der Waals surface area contributed by atoms with E-state index in [1.807, 2.05) is 13.8 Å². The molecule has 0 radical (unpaired) electrons. The summed E-state index contributed by atoms with van der Waals surface area (Å²) in [6, 6.07) is 17.8. The molecule has 0 bridgehead atoms. The molecule has 8 nitrogen and oxygen atoms in total. The number of nitrogens with one attached hydrogen (secondary N) is 1. The molecule has 0 saturated heterocycles. The Morgan fingerprint density at radius 3 is 2.56 bits per heavy atom. The highest BCUT2D eigenvalue weighted by molar-refractivity contribution is 7.92. The molecule has 1 unspecified atom stereocenters. The minimum Gasteiger partial charge on any atom is -0.476 e. The van der Waals surface area contributed by atoms with E-state index in [0.29, 0.717) is 16.4 Å². The summed E-state index contributed by atoms with van der Waals surface area (Å²) < 4.78 is 36.5. The number of para-hydroxylation sites is 2. The molecular formula is C25H22ClN3O5S2. The van der Waals surface area contributed by atoms with Crippen LogP contribution in [0.4, 0.5) is 11.4 Å². The maximum Gasteiger partial charge on any atom is 0.308 e. The number of halogens is 1. The Kier molecular flexibility index (Phi) is 6.27. The summed E-state index contributed by atoms with van der Waals surface area (Å²) in [6.07, 6.45) is -1.10. The summed E-state index contributed by atoms with van der Waals surface area (Å²) >= 11 is 7.04. The van der Waals surface area contributed by atoms with Crippen molar-refractivity contribution in [3.63, 3.8) is 0 Å². The molecule has 3 aromatic carbocycles. The molecule has 1 aliphatic heterocycles. The van der Waals surface area contributed by atoms with Crippen LogP contribution in [-0.4, -0.2) is 31.5 Å². The van der Waals surface area contributed by atoms with Crippen LogP contribution >= 0.6 is 22.9 Å². The van der Waals surface area contributed by atoms with Crippen molar-refractivity contribution in [2.45, 2.75) is 30.9 Å². The van der Waals surface area contributed by atoms with Crippen molar-refractivity contribution in [2.75, 3.05) is 16.2 Å². The summed E-state index contributed by atoms with van der Waals surface area (Å²) in [7, 11) is -3.99. The lowest BCUT2D eigenvalue weighted by atomic mass is 10.2. The van der Waals surface area contributed by atoms with Crippen molar-refractivity contribution in [1.82, 2.24) is 4.57 Å². The molecule has 4 aromatic rings. The average molecular weight is 544 g/mol. The van der Waals surface area contributed by atoms with Crippen molar-refractivity contribution in [1.29, 1.82) is 0 Å². The summed E-state index contributed by atoms with van der Waals surface area (Å²) in [5.41, 5.74) is 1.62. The molecule has 186 valence electrons. The van der Waals surface area contributed by atoms with Gasteiger partial charge in [-0.05, 0) is 68.4 Å². The quantitative estimate of drug-likeness (QED) is 0.386. The highest BCUT2D eigenvalue weighted by Crippen LogP contribution is 2.37. The number of anilines is 2. The van der Waals surface area contributed by atoms with Gasteiger partial charge in [-0.1, -0.05) is 35.1 Å². The first-order valence-corrected chi connectivity index (χ1v) is 13.8. The summed E-state index contributed by atoms with van der Waals surface area (Å²) in [4.78, 5) is 25.5. The van der Waals surface area contributed by atoms with Crippen molar-refractivity contribution in [2.24, 2.45) is 0 Å². The maximum atomic E-state index is 13.5. The third kappa shape index (κ3) is 4.36. The highest BCUT2D eigenvalue weighted by Gasteiger charge is 2.37. The Morgan fingerprint density at radius 2 is 1.83 bits per heavy atom. The van der Waals surface area contributed by atoms with Gasteiger partial charge in [0.1, 0.15) is 5.75 Å². The van der Waals surface area contributed by atoms with Crippen molar-refractivity contribution in [3.8, 4) is 5.75 Å². The zero-order valence-electron chi connectivity index (χ0n) is 19.3. The Balaban J connectivity index is 1.44. The van der Waals surface area contributed by atoms with E-state index >= 15 is 0 Å². The molecular weight excluding hydrogens is 522 g/mol. The number of rotatable bonds is 5. The Hall–Kier alpha value is -3.34. The van der Waals surface area contributed by atoms with Gasteiger partial charge in [0.05, 0.1) is 27.3 Å². The second-order valence-corrected chi connectivity index (χ2v) is 11.9. The van der Waals surface area contributed by atoms with E-state index < -0.39 is 22.0 Å². The lowest BCUT2D eigenvalue weighted by Gasteiger charge is -2.34.